The summed E-state index contributed by atoms with van der Waals surface area (Å²) in [5.41, 5.74) is 0. The van der Waals surface area contributed by atoms with Gasteiger partial charge in [-0.2, -0.15) is 0 Å². The van der Waals surface area contributed by atoms with Crippen molar-refractivity contribution in [3.05, 3.63) is 12.2 Å². The van der Waals surface area contributed by atoms with E-state index in [2.05, 4.69) is 6.92 Å². The smallest absolute Gasteiger partial charge is 0.306 e. The van der Waals surface area contributed by atoms with Gasteiger partial charge in [-0.05, 0) is 31.8 Å². The zero-order valence-electron chi connectivity index (χ0n) is 29.6. The summed E-state index contributed by atoms with van der Waals surface area (Å²) in [6.07, 6.45) is 24.5. The first kappa shape index (κ1) is 44.4. The summed E-state index contributed by atoms with van der Waals surface area (Å²) in [4.78, 5) is 47.4. The second kappa shape index (κ2) is 29.6. The van der Waals surface area contributed by atoms with Crippen LogP contribution < -0.4 is 4.89 Å². The van der Waals surface area contributed by atoms with Crippen molar-refractivity contribution >= 4 is 26.0 Å². The summed E-state index contributed by atoms with van der Waals surface area (Å²) in [6.45, 7) is 1.88. The predicted octanol–water partition coefficient (Wildman–Crippen LogP) is 7.62. The largest absolute Gasteiger partial charge is 0.756 e. The maximum atomic E-state index is 12.5. The molecule has 46 heavy (non-hydrogen) atoms. The van der Waals surface area contributed by atoms with Crippen molar-refractivity contribution in [3.8, 4) is 0 Å². The molecule has 2 atom stereocenters. The van der Waals surface area contributed by atoms with Crippen LogP contribution in [-0.2, 0) is 37.5 Å². The number of quaternary nitrogens is 1. The molecule has 0 aliphatic rings. The van der Waals surface area contributed by atoms with E-state index in [9.17, 15) is 23.8 Å². The van der Waals surface area contributed by atoms with Gasteiger partial charge in [0.2, 0.25) is 0 Å². The van der Waals surface area contributed by atoms with Crippen molar-refractivity contribution in [2.75, 3.05) is 47.5 Å². The van der Waals surface area contributed by atoms with E-state index in [4.69, 9.17) is 18.5 Å². The van der Waals surface area contributed by atoms with Gasteiger partial charge >= 0.3 is 11.9 Å². The number of phosphoric ester groups is 1. The van der Waals surface area contributed by atoms with E-state index in [1.54, 1.807) is 0 Å². The van der Waals surface area contributed by atoms with Gasteiger partial charge in [-0.3, -0.25) is 18.9 Å². The molecule has 0 aromatic carbocycles. The van der Waals surface area contributed by atoms with Gasteiger partial charge in [0.15, 0.2) is 6.10 Å². The number of hydrogen-bond acceptors (Lipinski definition) is 9. The molecule has 1 unspecified atom stereocenters. The number of nitrogens with zero attached hydrogens (tertiary/aromatic N) is 1. The van der Waals surface area contributed by atoms with Crippen molar-refractivity contribution in [1.82, 2.24) is 0 Å². The first-order valence-electron chi connectivity index (χ1n) is 17.8. The first-order valence-corrected chi connectivity index (χ1v) is 19.3. The quantitative estimate of drug-likeness (QED) is 0.0172. The Bertz CT molecular complexity index is 844. The summed E-state index contributed by atoms with van der Waals surface area (Å²) >= 11 is 0. The number of carbonyl (C=O) groups is 3. The van der Waals surface area contributed by atoms with Gasteiger partial charge in [0, 0.05) is 12.8 Å². The van der Waals surface area contributed by atoms with Crippen molar-refractivity contribution in [2.45, 2.75) is 148 Å². The maximum absolute atomic E-state index is 12.5. The van der Waals surface area contributed by atoms with Crippen molar-refractivity contribution in [2.24, 2.45) is 0 Å². The van der Waals surface area contributed by atoms with Crippen molar-refractivity contribution in [1.29, 1.82) is 0 Å². The molecule has 0 bridgehead atoms. The molecule has 0 aromatic heterocycles. The number of rotatable bonds is 33. The number of likely N-dealkylation sites (N-methyl/N-ethyl adjacent to an activating group) is 1. The van der Waals surface area contributed by atoms with Crippen LogP contribution in [0.3, 0.4) is 0 Å². The number of esters is 2. The summed E-state index contributed by atoms with van der Waals surface area (Å²) in [5, 5.41) is 0. The highest BCUT2D eigenvalue weighted by Gasteiger charge is 2.21. The van der Waals surface area contributed by atoms with Gasteiger partial charge in [-0.15, -0.1) is 0 Å². The Labute approximate surface area is 280 Å². The summed E-state index contributed by atoms with van der Waals surface area (Å²) in [6, 6.07) is 0. The highest BCUT2D eigenvalue weighted by molar-refractivity contribution is 7.45. The minimum Gasteiger partial charge on any atom is -0.756 e. The lowest BCUT2D eigenvalue weighted by Crippen LogP contribution is -2.37. The highest BCUT2D eigenvalue weighted by atomic mass is 31.2. The van der Waals surface area contributed by atoms with E-state index < -0.39 is 32.5 Å². The average Bonchev–Trinajstić information content (AvgIpc) is 2.99. The molecule has 0 spiro atoms. The third-order valence-electron chi connectivity index (χ3n) is 7.61. The van der Waals surface area contributed by atoms with Gasteiger partial charge in [0.1, 0.15) is 26.0 Å². The van der Waals surface area contributed by atoms with Crippen molar-refractivity contribution < 1.29 is 46.8 Å². The SMILES string of the molecule is CCCCCCCCCCCCCCCC(=O)OC[C@H](COP(=O)([O-])OCC[N+](C)(C)C)OC(=O)CCCCCCC/C=C/C=O. The lowest BCUT2D eigenvalue weighted by molar-refractivity contribution is -0.870. The average molecular weight is 676 g/mol. The zero-order valence-corrected chi connectivity index (χ0v) is 30.5. The Balaban J connectivity index is 4.42. The normalized spacial score (nSPS) is 13.8. The van der Waals surface area contributed by atoms with Crippen LogP contribution in [0, 0.1) is 0 Å². The molecular formula is C35H66NO9P. The zero-order chi connectivity index (χ0) is 34.4. The number of phosphoric acid groups is 1. The number of allylic oxidation sites excluding steroid dienone is 2. The fraction of sp³-hybridized carbons (Fsp3) is 0.857. The molecule has 0 saturated carbocycles. The molecule has 0 saturated heterocycles. The van der Waals surface area contributed by atoms with E-state index in [0.717, 1.165) is 57.7 Å². The predicted molar refractivity (Wildman–Crippen MR) is 181 cm³/mol. The molecule has 0 aliphatic heterocycles. The molecule has 0 radical (unpaired) electrons. The lowest BCUT2D eigenvalue weighted by atomic mass is 10.0. The van der Waals surface area contributed by atoms with Crippen LogP contribution in [0.1, 0.15) is 142 Å². The van der Waals surface area contributed by atoms with E-state index in [1.807, 2.05) is 27.2 Å². The Morgan fingerprint density at radius 1 is 0.717 bits per heavy atom. The number of carbonyl (C=O) groups excluding carboxylic acids is 3. The van der Waals surface area contributed by atoms with Crippen LogP contribution in [0.25, 0.3) is 0 Å². The summed E-state index contributed by atoms with van der Waals surface area (Å²) < 4.78 is 33.5. The van der Waals surface area contributed by atoms with Gasteiger partial charge in [-0.25, -0.2) is 0 Å². The highest BCUT2D eigenvalue weighted by Crippen LogP contribution is 2.38. The van der Waals surface area contributed by atoms with E-state index in [1.165, 1.54) is 70.3 Å². The third-order valence-corrected chi connectivity index (χ3v) is 8.57. The topological polar surface area (TPSA) is 128 Å². The fourth-order valence-corrected chi connectivity index (χ4v) is 5.49. The lowest BCUT2D eigenvalue weighted by Gasteiger charge is -2.28. The Kier molecular flexibility index (Phi) is 28.5. The minimum atomic E-state index is -4.63. The van der Waals surface area contributed by atoms with Crippen LogP contribution in [0.15, 0.2) is 12.2 Å². The van der Waals surface area contributed by atoms with E-state index in [-0.39, 0.29) is 26.1 Å². The molecule has 11 heteroatoms. The molecule has 0 heterocycles. The molecular weight excluding hydrogens is 609 g/mol. The molecule has 0 fully saturated rings. The molecule has 0 rings (SSSR count). The number of aldehydes is 1. The van der Waals surface area contributed by atoms with Gasteiger partial charge < -0.3 is 27.9 Å². The minimum absolute atomic E-state index is 0.0454. The van der Waals surface area contributed by atoms with Crippen molar-refractivity contribution in [3.63, 3.8) is 0 Å². The Hall–Kier alpha value is -1.58. The standard InChI is InChI=1S/C35H66NO9P/c1-5-6-7-8-9-10-11-12-13-14-17-20-23-26-34(38)42-31-33(32-44-46(40,41)43-30-28-36(2,3)4)45-35(39)27-24-21-18-15-16-19-22-25-29-37/h22,25,29,33H,5-21,23-24,26-28,30-32H2,1-4H3/b25-22+/t33-/m1/s1. The van der Waals surface area contributed by atoms with Crippen LogP contribution in [0.5, 0.6) is 0 Å². The van der Waals surface area contributed by atoms with E-state index in [0.29, 0.717) is 17.4 Å². The summed E-state index contributed by atoms with van der Waals surface area (Å²) in [7, 11) is 1.11. The molecule has 0 amide bonds. The molecule has 0 N–H and O–H groups in total. The van der Waals surface area contributed by atoms with Gasteiger partial charge in [0.25, 0.3) is 7.82 Å². The van der Waals surface area contributed by atoms with Crippen LogP contribution in [-0.4, -0.2) is 76.3 Å². The first-order chi connectivity index (χ1) is 22.0. The van der Waals surface area contributed by atoms with Gasteiger partial charge in [0.05, 0.1) is 27.7 Å². The third kappa shape index (κ3) is 32.4. The monoisotopic (exact) mass is 675 g/mol. The number of ether oxygens (including phenoxy) is 2. The Morgan fingerprint density at radius 2 is 1.22 bits per heavy atom. The summed E-state index contributed by atoms with van der Waals surface area (Å²) in [5.74, 6) is -0.904. The second-order valence-corrected chi connectivity index (χ2v) is 14.7. The molecule has 10 nitrogen and oxygen atoms in total. The molecule has 0 aliphatic carbocycles. The molecule has 0 aromatic rings. The Morgan fingerprint density at radius 3 is 1.74 bits per heavy atom. The van der Waals surface area contributed by atoms with Gasteiger partial charge in [-0.1, -0.05) is 109 Å². The maximum Gasteiger partial charge on any atom is 0.306 e. The second-order valence-electron chi connectivity index (χ2n) is 13.2. The van der Waals surface area contributed by atoms with E-state index >= 15 is 0 Å². The van der Waals surface area contributed by atoms with Crippen LogP contribution >= 0.6 is 7.82 Å². The molecule has 270 valence electrons. The fourth-order valence-electron chi connectivity index (χ4n) is 4.76. The van der Waals surface area contributed by atoms with Crippen LogP contribution in [0.4, 0.5) is 0 Å². The number of unbranched alkanes of at least 4 members (excludes halogenated alkanes) is 17. The number of hydrogen-bond donors (Lipinski definition) is 0. The van der Waals surface area contributed by atoms with Crippen LogP contribution in [0.2, 0.25) is 0 Å².